The second kappa shape index (κ2) is 8.52. The van der Waals surface area contributed by atoms with Crippen LogP contribution in [0.2, 0.25) is 0 Å². The fourth-order valence-corrected chi connectivity index (χ4v) is 3.74. The number of benzene rings is 1. The molecule has 0 saturated heterocycles. The first-order chi connectivity index (χ1) is 14.1. The molecule has 3 heterocycles. The Hall–Kier alpha value is -3.08. The van der Waals surface area contributed by atoms with Crippen LogP contribution in [0.1, 0.15) is 5.69 Å². The van der Waals surface area contributed by atoms with Gasteiger partial charge in [-0.2, -0.15) is 10.1 Å². The number of aliphatic imine (C=N–C) groups is 1. The van der Waals surface area contributed by atoms with Crippen molar-refractivity contribution in [2.75, 3.05) is 30.9 Å². The Bertz CT molecular complexity index is 981. The first-order valence-electron chi connectivity index (χ1n) is 8.97. The van der Waals surface area contributed by atoms with Gasteiger partial charge in [0.15, 0.2) is 12.0 Å². The van der Waals surface area contributed by atoms with Crippen LogP contribution in [0.5, 0.6) is 0 Å². The van der Waals surface area contributed by atoms with Gasteiger partial charge in [-0.05, 0) is 48.0 Å². The van der Waals surface area contributed by atoms with Crippen LogP contribution in [0.4, 0.5) is 11.5 Å². The number of aromatic nitrogens is 2. The fourth-order valence-electron chi connectivity index (χ4n) is 2.88. The highest BCUT2D eigenvalue weighted by Gasteiger charge is 2.37. The van der Waals surface area contributed by atoms with Crippen LogP contribution in [0.15, 0.2) is 64.6 Å². The van der Waals surface area contributed by atoms with Gasteiger partial charge < -0.3 is 10.1 Å². The Labute approximate surface area is 172 Å². The first-order valence-corrected chi connectivity index (χ1v) is 9.75. The summed E-state index contributed by atoms with van der Waals surface area (Å²) in [4.78, 5) is 19.1. The predicted octanol–water partition coefficient (Wildman–Crippen LogP) is 2.56. The number of nitrogens with zero attached hydrogens (tertiary/aromatic N) is 4. The molecule has 0 aliphatic carbocycles. The standard InChI is InChI=1S/C19H21N7O2S/c1-13-9-16(24-23-13)22-18-11-25(10-17-20-7-8-26(17)18)29-15-5-3-14(4-6-15)21-19(27)12-28-2/h3-9,11H,10,12H2,1-2H3,(H,21,27)(H2,22,23,24)/q+1. The number of rotatable bonds is 7. The number of hydrogen-bond donors (Lipinski definition) is 3. The summed E-state index contributed by atoms with van der Waals surface area (Å²) < 4.78 is 6.93. The Morgan fingerprint density at radius 2 is 2.21 bits per heavy atom. The van der Waals surface area contributed by atoms with Gasteiger partial charge in [0, 0.05) is 29.5 Å². The number of fused-ring (bicyclic) bond motifs is 1. The van der Waals surface area contributed by atoms with E-state index >= 15 is 0 Å². The number of aryl methyl sites for hydroxylation is 1. The van der Waals surface area contributed by atoms with Gasteiger partial charge in [0.05, 0.1) is 12.4 Å². The Kier molecular flexibility index (Phi) is 5.65. The number of H-pyrrole nitrogens is 1. The monoisotopic (exact) mass is 411 g/mol. The number of amidine groups is 1. The van der Waals surface area contributed by atoms with Crippen molar-refractivity contribution in [1.29, 1.82) is 0 Å². The van der Waals surface area contributed by atoms with E-state index in [1.807, 2.05) is 54.6 Å². The van der Waals surface area contributed by atoms with Gasteiger partial charge in [-0.15, -0.1) is 0 Å². The van der Waals surface area contributed by atoms with E-state index in [0.29, 0.717) is 6.54 Å². The van der Waals surface area contributed by atoms with Crippen molar-refractivity contribution in [3.05, 3.63) is 60.4 Å². The lowest BCUT2D eigenvalue weighted by Gasteiger charge is -2.24. The summed E-state index contributed by atoms with van der Waals surface area (Å²) in [6.07, 6.45) is 5.73. The maximum Gasteiger partial charge on any atom is 0.285 e. The number of carbonyl (C=O) groups is 1. The average Bonchev–Trinajstić information content (AvgIpc) is 3.32. The first kappa shape index (κ1) is 19.2. The molecule has 149 valence electrons. The quantitative estimate of drug-likeness (QED) is 0.478. The van der Waals surface area contributed by atoms with Gasteiger partial charge >= 0.3 is 0 Å². The number of carbonyl (C=O) groups excluding carboxylic acids is 1. The summed E-state index contributed by atoms with van der Waals surface area (Å²) >= 11 is 1.59. The minimum absolute atomic E-state index is 0.0347. The maximum absolute atomic E-state index is 11.6. The Morgan fingerprint density at radius 3 is 2.93 bits per heavy atom. The van der Waals surface area contributed by atoms with Crippen LogP contribution >= 0.6 is 11.9 Å². The van der Waals surface area contributed by atoms with Crippen LogP contribution in [-0.2, 0) is 9.53 Å². The van der Waals surface area contributed by atoms with Gasteiger partial charge in [0.2, 0.25) is 5.91 Å². The van der Waals surface area contributed by atoms with Gasteiger partial charge in [-0.1, -0.05) is 0 Å². The third-order valence-electron chi connectivity index (χ3n) is 4.14. The highest BCUT2D eigenvalue weighted by molar-refractivity contribution is 7.97. The number of ether oxygens (including phenoxy) is 1. The van der Waals surface area contributed by atoms with E-state index in [1.165, 1.54) is 7.11 Å². The summed E-state index contributed by atoms with van der Waals surface area (Å²) in [5.74, 6) is 2.36. The van der Waals surface area contributed by atoms with Gasteiger partial charge in [0.1, 0.15) is 13.2 Å². The lowest BCUT2D eigenvalue weighted by molar-refractivity contribution is -0.119. The van der Waals surface area contributed by atoms with Gasteiger partial charge in [-0.25, -0.2) is 0 Å². The van der Waals surface area contributed by atoms with E-state index in [1.54, 1.807) is 18.1 Å². The van der Waals surface area contributed by atoms with Crippen LogP contribution in [-0.4, -0.2) is 46.5 Å². The molecule has 0 spiro atoms. The smallest absolute Gasteiger partial charge is 0.285 e. The maximum atomic E-state index is 11.6. The number of aromatic amines is 1. The largest absolute Gasteiger partial charge is 0.375 e. The fraction of sp³-hybridized carbons (Fsp3) is 0.211. The molecule has 0 atom stereocenters. The van der Waals surface area contributed by atoms with Crippen LogP contribution < -0.4 is 15.5 Å². The van der Waals surface area contributed by atoms with Gasteiger partial charge in [0.25, 0.3) is 11.7 Å². The van der Waals surface area contributed by atoms with Gasteiger partial charge in [-0.3, -0.25) is 19.5 Å². The lowest BCUT2D eigenvalue weighted by Crippen LogP contribution is -2.42. The summed E-state index contributed by atoms with van der Waals surface area (Å²) in [5, 5.41) is 13.3. The van der Waals surface area contributed by atoms with Crippen molar-refractivity contribution in [2.45, 2.75) is 11.8 Å². The molecule has 1 aromatic carbocycles. The van der Waals surface area contributed by atoms with E-state index in [4.69, 9.17) is 4.74 Å². The Morgan fingerprint density at radius 1 is 1.38 bits per heavy atom. The van der Waals surface area contributed by atoms with Crippen molar-refractivity contribution in [2.24, 2.45) is 4.99 Å². The van der Waals surface area contributed by atoms with Crippen LogP contribution in [0.25, 0.3) is 0 Å². The molecule has 1 radical (unpaired) electrons. The number of amides is 1. The molecule has 2 aromatic rings. The zero-order chi connectivity index (χ0) is 20.2. The molecule has 2 aliphatic rings. The van der Waals surface area contributed by atoms with Crippen LogP contribution in [0.3, 0.4) is 0 Å². The third-order valence-corrected chi connectivity index (χ3v) is 5.09. The zero-order valence-electron chi connectivity index (χ0n) is 16.0. The SMILES string of the molecule is COCC(=O)Nc1ccc(SN2C=C(Nc3cc(C)[nH]n3)[N+]3C=CN=C3C2)cc1. The number of hydrogen-bond acceptors (Lipinski definition) is 8. The van der Waals surface area contributed by atoms with Crippen molar-refractivity contribution in [1.82, 2.24) is 19.4 Å². The van der Waals surface area contributed by atoms with E-state index in [0.717, 1.165) is 33.8 Å². The average molecular weight is 411 g/mol. The summed E-state index contributed by atoms with van der Waals surface area (Å²) in [7, 11) is 1.49. The highest BCUT2D eigenvalue weighted by Crippen LogP contribution is 2.29. The molecule has 0 bridgehead atoms. The molecular formula is C19H21N7O2S+. The normalized spacial score (nSPS) is 15.7. The second-order valence-corrected chi connectivity index (χ2v) is 7.58. The molecule has 0 saturated carbocycles. The van der Waals surface area contributed by atoms with E-state index in [9.17, 15) is 4.79 Å². The molecule has 2 aliphatic heterocycles. The number of methoxy groups -OCH3 is 1. The van der Waals surface area contributed by atoms with Crippen molar-refractivity contribution < 1.29 is 9.53 Å². The second-order valence-electron chi connectivity index (χ2n) is 6.46. The van der Waals surface area contributed by atoms with E-state index in [-0.39, 0.29) is 12.5 Å². The summed E-state index contributed by atoms with van der Waals surface area (Å²) in [6, 6.07) is 9.62. The van der Waals surface area contributed by atoms with Crippen molar-refractivity contribution in [3.63, 3.8) is 0 Å². The summed E-state index contributed by atoms with van der Waals surface area (Å²) in [5.41, 5.74) is 1.72. The van der Waals surface area contributed by atoms with Crippen molar-refractivity contribution in [3.8, 4) is 0 Å². The number of anilines is 2. The minimum Gasteiger partial charge on any atom is -0.375 e. The molecule has 0 fully saturated rings. The topological polar surface area (TPSA) is 101 Å². The molecule has 9 nitrogen and oxygen atoms in total. The molecule has 4 rings (SSSR count). The number of nitrogens with one attached hydrogen (secondary N) is 3. The molecule has 1 aromatic heterocycles. The minimum atomic E-state index is -0.178. The Balaban J connectivity index is 1.45. The van der Waals surface area contributed by atoms with E-state index < -0.39 is 0 Å². The molecule has 1 amide bonds. The van der Waals surface area contributed by atoms with E-state index in [2.05, 4.69) is 30.1 Å². The lowest BCUT2D eigenvalue weighted by atomic mass is 10.3. The highest BCUT2D eigenvalue weighted by atomic mass is 32.2. The predicted molar refractivity (Wildman–Crippen MR) is 113 cm³/mol. The molecule has 10 heteroatoms. The third kappa shape index (κ3) is 4.67. The van der Waals surface area contributed by atoms with Crippen molar-refractivity contribution >= 4 is 35.2 Å². The zero-order valence-corrected chi connectivity index (χ0v) is 16.9. The van der Waals surface area contributed by atoms with Crippen LogP contribution in [0, 0.1) is 6.92 Å². The molecule has 3 N–H and O–H groups in total. The molecule has 0 unspecified atom stereocenters. The molecule has 29 heavy (non-hydrogen) atoms. The molecular weight excluding hydrogens is 390 g/mol. The summed E-state index contributed by atoms with van der Waals surface area (Å²) in [6.45, 7) is 2.65.